The summed E-state index contributed by atoms with van der Waals surface area (Å²) in [6, 6.07) is 10.7. The van der Waals surface area contributed by atoms with Gasteiger partial charge >= 0.3 is 0 Å². The first-order valence-corrected chi connectivity index (χ1v) is 9.46. The number of benzene rings is 2. The second-order valence-electron chi connectivity index (χ2n) is 5.16. The van der Waals surface area contributed by atoms with E-state index in [2.05, 4.69) is 26.2 Å². The summed E-state index contributed by atoms with van der Waals surface area (Å²) in [5.41, 5.74) is 1.51. The zero-order chi connectivity index (χ0) is 18.7. The summed E-state index contributed by atoms with van der Waals surface area (Å²) in [6.45, 7) is 0. The van der Waals surface area contributed by atoms with Gasteiger partial charge in [-0.05, 0) is 75.7 Å². The van der Waals surface area contributed by atoms with Crippen LogP contribution in [0.15, 0.2) is 50.8 Å². The summed E-state index contributed by atoms with van der Waals surface area (Å²) < 4.78 is 11.3. The van der Waals surface area contributed by atoms with E-state index in [1.807, 2.05) is 6.07 Å². The molecule has 26 heavy (non-hydrogen) atoms. The molecule has 1 heterocycles. The monoisotopic (exact) mass is 452 g/mol. The number of ether oxygens (including phenoxy) is 2. The Kier molecular flexibility index (Phi) is 5.90. The normalized spacial score (nSPS) is 16.8. The van der Waals surface area contributed by atoms with Crippen molar-refractivity contribution in [3.63, 3.8) is 0 Å². The molecule has 2 aromatic carbocycles. The van der Waals surface area contributed by atoms with Crippen LogP contribution in [0, 0.1) is 0 Å². The maximum Gasteiger partial charge on any atom is 0.264 e. The number of halogens is 2. The van der Waals surface area contributed by atoms with Crippen LogP contribution >= 0.6 is 39.3 Å². The van der Waals surface area contributed by atoms with Gasteiger partial charge in [-0.25, -0.2) is 4.99 Å². The van der Waals surface area contributed by atoms with Gasteiger partial charge in [0.2, 0.25) is 0 Å². The third-order valence-electron chi connectivity index (χ3n) is 3.51. The lowest BCUT2D eigenvalue weighted by molar-refractivity contribution is -0.115. The van der Waals surface area contributed by atoms with Crippen molar-refractivity contribution in [1.29, 1.82) is 0 Å². The maximum atomic E-state index is 12.2. The number of carbonyl (C=O) groups excluding carboxylic acids is 1. The van der Waals surface area contributed by atoms with E-state index in [0.29, 0.717) is 36.8 Å². The Morgan fingerprint density at radius 1 is 1.15 bits per heavy atom. The van der Waals surface area contributed by atoms with Gasteiger partial charge in [0.05, 0.1) is 29.3 Å². The molecule has 0 bridgehead atoms. The molecule has 1 N–H and O–H groups in total. The Morgan fingerprint density at radius 3 is 2.54 bits per heavy atom. The van der Waals surface area contributed by atoms with Crippen molar-refractivity contribution < 1.29 is 14.3 Å². The zero-order valence-corrected chi connectivity index (χ0v) is 17.0. The van der Waals surface area contributed by atoms with E-state index in [4.69, 9.17) is 21.1 Å². The van der Waals surface area contributed by atoms with Gasteiger partial charge in [0, 0.05) is 5.02 Å². The van der Waals surface area contributed by atoms with Crippen LogP contribution in [0.5, 0.6) is 11.5 Å². The number of aliphatic imine (C=N–C) groups is 1. The first-order valence-electron chi connectivity index (χ1n) is 7.47. The molecular formula is C18H14BrClN2O3S. The number of rotatable bonds is 4. The number of amides is 1. The van der Waals surface area contributed by atoms with Crippen molar-refractivity contribution in [3.05, 3.63) is 56.4 Å². The molecule has 1 aliphatic heterocycles. The third-order valence-corrected chi connectivity index (χ3v) is 5.49. The summed E-state index contributed by atoms with van der Waals surface area (Å²) in [5.74, 6) is 0.972. The average molecular weight is 454 g/mol. The van der Waals surface area contributed by atoms with Crippen molar-refractivity contribution >= 4 is 62.1 Å². The molecule has 0 radical (unpaired) electrons. The first-order chi connectivity index (χ1) is 12.5. The highest BCUT2D eigenvalue weighted by atomic mass is 79.9. The molecule has 0 unspecified atom stereocenters. The number of hydrogen-bond acceptors (Lipinski definition) is 5. The molecule has 0 aromatic heterocycles. The Hall–Kier alpha value is -1.96. The highest BCUT2D eigenvalue weighted by Gasteiger charge is 2.24. The van der Waals surface area contributed by atoms with E-state index in [1.54, 1.807) is 50.6 Å². The van der Waals surface area contributed by atoms with Crippen molar-refractivity contribution in [1.82, 2.24) is 5.32 Å². The Bertz CT molecular complexity index is 913. The van der Waals surface area contributed by atoms with E-state index in [1.165, 1.54) is 11.8 Å². The van der Waals surface area contributed by atoms with Crippen LogP contribution in [0.3, 0.4) is 0 Å². The maximum absolute atomic E-state index is 12.2. The number of amidine groups is 1. The Balaban J connectivity index is 1.88. The quantitative estimate of drug-likeness (QED) is 0.661. The second kappa shape index (κ2) is 8.16. The summed E-state index contributed by atoms with van der Waals surface area (Å²) in [6.07, 6.45) is 1.77. The molecule has 1 amide bonds. The largest absolute Gasteiger partial charge is 0.493 e. The van der Waals surface area contributed by atoms with Crippen LogP contribution in [0.25, 0.3) is 6.08 Å². The lowest BCUT2D eigenvalue weighted by atomic mass is 10.2. The van der Waals surface area contributed by atoms with Crippen LogP contribution < -0.4 is 14.8 Å². The van der Waals surface area contributed by atoms with Gasteiger partial charge < -0.3 is 14.8 Å². The minimum Gasteiger partial charge on any atom is -0.493 e. The molecule has 2 aromatic rings. The number of nitrogens with one attached hydrogen (secondary N) is 1. The lowest BCUT2D eigenvalue weighted by Crippen LogP contribution is -2.19. The molecule has 3 rings (SSSR count). The molecular weight excluding hydrogens is 440 g/mol. The Morgan fingerprint density at radius 2 is 1.88 bits per heavy atom. The highest BCUT2D eigenvalue weighted by Crippen LogP contribution is 2.39. The third kappa shape index (κ3) is 4.06. The minimum absolute atomic E-state index is 0.204. The predicted octanol–water partition coefficient (Wildman–Crippen LogP) is 5.01. The summed E-state index contributed by atoms with van der Waals surface area (Å²) in [7, 11) is 3.13. The average Bonchev–Trinajstić information content (AvgIpc) is 2.97. The summed E-state index contributed by atoms with van der Waals surface area (Å²) in [5, 5.41) is 3.91. The molecule has 8 heteroatoms. The van der Waals surface area contributed by atoms with E-state index < -0.39 is 0 Å². The van der Waals surface area contributed by atoms with Crippen LogP contribution in [0.2, 0.25) is 5.02 Å². The number of nitrogens with zero attached hydrogens (tertiary/aromatic N) is 1. The number of methoxy groups -OCH3 is 2. The van der Waals surface area contributed by atoms with Gasteiger partial charge in [-0.2, -0.15) is 0 Å². The van der Waals surface area contributed by atoms with Gasteiger partial charge in [-0.15, -0.1) is 0 Å². The zero-order valence-electron chi connectivity index (χ0n) is 13.9. The molecule has 0 atom stereocenters. The van der Waals surface area contributed by atoms with Crippen LogP contribution in [-0.2, 0) is 4.79 Å². The first kappa shape index (κ1) is 18.8. The molecule has 1 saturated heterocycles. The predicted molar refractivity (Wildman–Crippen MR) is 110 cm³/mol. The van der Waals surface area contributed by atoms with Crippen LogP contribution in [-0.4, -0.2) is 25.3 Å². The van der Waals surface area contributed by atoms with Crippen molar-refractivity contribution in [2.75, 3.05) is 14.2 Å². The fraction of sp³-hybridized carbons (Fsp3) is 0.111. The molecule has 134 valence electrons. The van der Waals surface area contributed by atoms with Gasteiger partial charge in [-0.3, -0.25) is 4.79 Å². The van der Waals surface area contributed by atoms with Crippen molar-refractivity contribution in [2.45, 2.75) is 0 Å². The fourth-order valence-corrected chi connectivity index (χ4v) is 3.83. The topological polar surface area (TPSA) is 59.9 Å². The molecule has 0 aliphatic carbocycles. The van der Waals surface area contributed by atoms with E-state index in [9.17, 15) is 4.79 Å². The minimum atomic E-state index is -0.204. The SMILES string of the molecule is COc1ccc(/C=C2/SC(=Nc3ccc(Cl)cc3)NC2=O)c(Br)c1OC. The highest BCUT2D eigenvalue weighted by molar-refractivity contribution is 9.10. The van der Waals surface area contributed by atoms with Gasteiger partial charge in [0.25, 0.3) is 5.91 Å². The lowest BCUT2D eigenvalue weighted by Gasteiger charge is -2.11. The smallest absolute Gasteiger partial charge is 0.264 e. The molecule has 1 aliphatic rings. The van der Waals surface area contributed by atoms with E-state index >= 15 is 0 Å². The Labute approximate surface area is 168 Å². The molecule has 1 fully saturated rings. The summed E-state index contributed by atoms with van der Waals surface area (Å²) >= 11 is 10.6. The van der Waals surface area contributed by atoms with Crippen molar-refractivity contribution in [2.24, 2.45) is 4.99 Å². The second-order valence-corrected chi connectivity index (χ2v) is 7.42. The van der Waals surface area contributed by atoms with Crippen molar-refractivity contribution in [3.8, 4) is 11.5 Å². The van der Waals surface area contributed by atoms with Crippen LogP contribution in [0.4, 0.5) is 5.69 Å². The molecule has 0 spiro atoms. The van der Waals surface area contributed by atoms with Crippen LogP contribution in [0.1, 0.15) is 5.56 Å². The van der Waals surface area contributed by atoms with E-state index in [-0.39, 0.29) is 5.91 Å². The number of carbonyl (C=O) groups is 1. The van der Waals surface area contributed by atoms with Gasteiger partial charge in [-0.1, -0.05) is 11.6 Å². The molecule has 5 nitrogen and oxygen atoms in total. The number of thioether (sulfide) groups is 1. The fourth-order valence-electron chi connectivity index (χ4n) is 2.27. The number of hydrogen-bond donors (Lipinski definition) is 1. The van der Waals surface area contributed by atoms with E-state index in [0.717, 1.165) is 5.56 Å². The summed E-state index contributed by atoms with van der Waals surface area (Å²) in [4.78, 5) is 17.2. The molecule has 0 saturated carbocycles. The van der Waals surface area contributed by atoms with Gasteiger partial charge in [0.15, 0.2) is 16.7 Å². The standard InChI is InChI=1S/C18H14BrClN2O3S/c1-24-13-8-3-10(15(19)16(13)25-2)9-14-17(23)22-18(26-14)21-12-6-4-11(20)5-7-12/h3-9H,1-2H3,(H,21,22,23)/b14-9+. The van der Waals surface area contributed by atoms with Gasteiger partial charge in [0.1, 0.15) is 0 Å².